The molecule has 1 unspecified atom stereocenters. The fourth-order valence-corrected chi connectivity index (χ4v) is 3.17. The molecule has 2 N–H and O–H groups in total. The Morgan fingerprint density at radius 2 is 2.43 bits per heavy atom. The highest BCUT2D eigenvalue weighted by Crippen LogP contribution is 2.21. The number of nitrogens with zero attached hydrogens (tertiary/aromatic N) is 2. The van der Waals surface area contributed by atoms with E-state index in [0.29, 0.717) is 30.6 Å². The monoisotopic (exact) mass is 356 g/mol. The maximum Gasteiger partial charge on any atom is 0.226 e. The summed E-state index contributed by atoms with van der Waals surface area (Å²) in [5, 5.41) is 12.3. The van der Waals surface area contributed by atoms with Gasteiger partial charge in [0.1, 0.15) is 0 Å². The summed E-state index contributed by atoms with van der Waals surface area (Å²) in [7, 11) is 0. The van der Waals surface area contributed by atoms with Gasteiger partial charge in [0.15, 0.2) is 0 Å². The maximum absolute atomic E-state index is 11.8. The normalized spacial score (nSPS) is 17.0. The number of carbonyl (C=O) groups excluding carboxylic acids is 1. The molecule has 0 aromatic carbocycles. The second kappa shape index (κ2) is 9.00. The van der Waals surface area contributed by atoms with Gasteiger partial charge < -0.3 is 15.2 Å². The van der Waals surface area contributed by atoms with Gasteiger partial charge in [-0.25, -0.2) is 0 Å². The molecule has 0 spiro atoms. The summed E-state index contributed by atoms with van der Waals surface area (Å²) in [6, 6.07) is 4.36. The summed E-state index contributed by atoms with van der Waals surface area (Å²) in [5.41, 5.74) is 0. The standard InChI is InChI=1S/C15H20N4O2S.ClH/c20-13(17-10-11-4-2-8-16-11)6-1-7-14-18-15(19-21-14)12-5-3-9-22-12;/h3,5,9,11,16H,1-2,4,6-8,10H2,(H,17,20);1H. The van der Waals surface area contributed by atoms with E-state index in [-0.39, 0.29) is 18.3 Å². The number of nitrogens with one attached hydrogen (secondary N) is 2. The quantitative estimate of drug-likeness (QED) is 0.796. The lowest BCUT2D eigenvalue weighted by Gasteiger charge is -2.10. The molecule has 0 saturated carbocycles. The van der Waals surface area contributed by atoms with Crippen molar-refractivity contribution in [2.24, 2.45) is 0 Å². The van der Waals surface area contributed by atoms with E-state index in [1.807, 2.05) is 17.5 Å². The van der Waals surface area contributed by atoms with Crippen LogP contribution in [-0.4, -0.2) is 35.2 Å². The van der Waals surface area contributed by atoms with Crippen molar-refractivity contribution >= 4 is 29.7 Å². The lowest BCUT2D eigenvalue weighted by Crippen LogP contribution is -2.37. The minimum Gasteiger partial charge on any atom is -0.355 e. The van der Waals surface area contributed by atoms with E-state index in [1.54, 1.807) is 11.3 Å². The first kappa shape index (κ1) is 17.9. The average Bonchev–Trinajstić information content (AvgIpc) is 3.26. The molecular formula is C15H21ClN4O2S. The Bertz CT molecular complexity index is 596. The number of aryl methyl sites for hydroxylation is 1. The predicted molar refractivity (Wildman–Crippen MR) is 91.8 cm³/mol. The molecule has 2 aromatic rings. The number of amides is 1. The first-order chi connectivity index (χ1) is 10.8. The van der Waals surface area contributed by atoms with E-state index in [4.69, 9.17) is 4.52 Å². The van der Waals surface area contributed by atoms with Gasteiger partial charge in [-0.1, -0.05) is 11.2 Å². The van der Waals surface area contributed by atoms with Crippen molar-refractivity contribution in [3.63, 3.8) is 0 Å². The second-order valence-corrected chi connectivity index (χ2v) is 6.39. The van der Waals surface area contributed by atoms with E-state index < -0.39 is 0 Å². The molecule has 0 aliphatic carbocycles. The molecule has 1 atom stereocenters. The number of aromatic nitrogens is 2. The third-order valence-corrected chi connectivity index (χ3v) is 4.58. The summed E-state index contributed by atoms with van der Waals surface area (Å²) in [5.74, 6) is 1.31. The van der Waals surface area contributed by atoms with Gasteiger partial charge in [0.2, 0.25) is 17.6 Å². The minimum atomic E-state index is 0. The van der Waals surface area contributed by atoms with Crippen LogP contribution in [0.3, 0.4) is 0 Å². The smallest absolute Gasteiger partial charge is 0.226 e. The van der Waals surface area contributed by atoms with Gasteiger partial charge in [0.05, 0.1) is 4.88 Å². The van der Waals surface area contributed by atoms with E-state index in [1.165, 1.54) is 6.42 Å². The second-order valence-electron chi connectivity index (χ2n) is 5.44. The zero-order valence-corrected chi connectivity index (χ0v) is 14.4. The molecule has 126 valence electrons. The van der Waals surface area contributed by atoms with Crippen LogP contribution in [0.5, 0.6) is 0 Å². The molecule has 8 heteroatoms. The van der Waals surface area contributed by atoms with Crippen LogP contribution in [0.15, 0.2) is 22.0 Å². The Morgan fingerprint density at radius 3 is 3.17 bits per heavy atom. The molecule has 3 heterocycles. The Kier molecular flexibility index (Phi) is 7.01. The summed E-state index contributed by atoms with van der Waals surface area (Å²) >= 11 is 1.58. The number of rotatable bonds is 7. The molecule has 6 nitrogen and oxygen atoms in total. The van der Waals surface area contributed by atoms with Gasteiger partial charge in [-0.2, -0.15) is 4.98 Å². The number of hydrogen-bond acceptors (Lipinski definition) is 6. The predicted octanol–water partition coefficient (Wildman–Crippen LogP) is 2.41. The highest BCUT2D eigenvalue weighted by Gasteiger charge is 2.15. The van der Waals surface area contributed by atoms with Gasteiger partial charge in [-0.15, -0.1) is 23.7 Å². The van der Waals surface area contributed by atoms with Crippen LogP contribution in [0.4, 0.5) is 0 Å². The van der Waals surface area contributed by atoms with E-state index in [9.17, 15) is 4.79 Å². The molecule has 0 radical (unpaired) electrons. The van der Waals surface area contributed by atoms with Crippen molar-refractivity contribution in [3.8, 4) is 10.7 Å². The van der Waals surface area contributed by atoms with Crippen LogP contribution >= 0.6 is 23.7 Å². The largest absolute Gasteiger partial charge is 0.355 e. The molecule has 1 amide bonds. The van der Waals surface area contributed by atoms with Crippen molar-refractivity contribution in [2.75, 3.05) is 13.1 Å². The fourth-order valence-electron chi connectivity index (χ4n) is 2.52. The van der Waals surface area contributed by atoms with E-state index in [2.05, 4.69) is 20.8 Å². The van der Waals surface area contributed by atoms with Gasteiger partial charge in [0, 0.05) is 25.4 Å². The zero-order valence-electron chi connectivity index (χ0n) is 12.8. The molecule has 1 aliphatic heterocycles. The van der Waals surface area contributed by atoms with Gasteiger partial charge in [0.25, 0.3) is 0 Å². The van der Waals surface area contributed by atoms with E-state index in [0.717, 1.165) is 30.8 Å². The maximum atomic E-state index is 11.8. The Labute approximate surface area is 145 Å². The Balaban J connectivity index is 0.00000192. The Morgan fingerprint density at radius 1 is 1.52 bits per heavy atom. The van der Waals surface area contributed by atoms with Gasteiger partial charge >= 0.3 is 0 Å². The van der Waals surface area contributed by atoms with Gasteiger partial charge in [-0.3, -0.25) is 4.79 Å². The van der Waals surface area contributed by atoms with Crippen LogP contribution in [-0.2, 0) is 11.2 Å². The van der Waals surface area contributed by atoms with Crippen LogP contribution < -0.4 is 10.6 Å². The number of halogens is 1. The summed E-state index contributed by atoms with van der Waals surface area (Å²) in [4.78, 5) is 17.1. The topological polar surface area (TPSA) is 80.0 Å². The van der Waals surface area contributed by atoms with Crippen LogP contribution in [0, 0.1) is 0 Å². The number of carbonyl (C=O) groups is 1. The van der Waals surface area contributed by atoms with Crippen LogP contribution in [0.1, 0.15) is 31.6 Å². The molecular weight excluding hydrogens is 336 g/mol. The summed E-state index contributed by atoms with van der Waals surface area (Å²) in [6.07, 6.45) is 4.19. The number of hydrogen-bond donors (Lipinski definition) is 2. The fraction of sp³-hybridized carbons (Fsp3) is 0.533. The SMILES string of the molecule is Cl.O=C(CCCc1nc(-c2cccs2)no1)NCC1CCCN1. The van der Waals surface area contributed by atoms with Crippen molar-refractivity contribution < 1.29 is 9.32 Å². The molecule has 23 heavy (non-hydrogen) atoms. The summed E-state index contributed by atoms with van der Waals surface area (Å²) < 4.78 is 5.22. The molecule has 1 aliphatic rings. The zero-order chi connectivity index (χ0) is 15.2. The molecule has 1 fully saturated rings. The van der Waals surface area contributed by atoms with E-state index >= 15 is 0 Å². The number of thiophene rings is 1. The first-order valence-corrected chi connectivity index (χ1v) is 8.56. The molecule has 0 bridgehead atoms. The molecule has 2 aromatic heterocycles. The highest BCUT2D eigenvalue weighted by atomic mass is 35.5. The Hall–Kier alpha value is -1.44. The lowest BCUT2D eigenvalue weighted by atomic mass is 10.2. The highest BCUT2D eigenvalue weighted by molar-refractivity contribution is 7.13. The van der Waals surface area contributed by atoms with Gasteiger partial charge in [-0.05, 0) is 37.3 Å². The third-order valence-electron chi connectivity index (χ3n) is 3.71. The third kappa shape index (κ3) is 5.30. The molecule has 3 rings (SSSR count). The van der Waals surface area contributed by atoms with Crippen molar-refractivity contribution in [1.29, 1.82) is 0 Å². The van der Waals surface area contributed by atoms with Crippen molar-refractivity contribution in [3.05, 3.63) is 23.4 Å². The lowest BCUT2D eigenvalue weighted by molar-refractivity contribution is -0.121. The first-order valence-electron chi connectivity index (χ1n) is 7.68. The van der Waals surface area contributed by atoms with Crippen LogP contribution in [0.2, 0.25) is 0 Å². The minimum absolute atomic E-state index is 0. The van der Waals surface area contributed by atoms with Crippen molar-refractivity contribution in [2.45, 2.75) is 38.1 Å². The molecule has 1 saturated heterocycles. The summed E-state index contributed by atoms with van der Waals surface area (Å²) in [6.45, 7) is 1.78. The average molecular weight is 357 g/mol. The van der Waals surface area contributed by atoms with Crippen molar-refractivity contribution in [1.82, 2.24) is 20.8 Å². The van der Waals surface area contributed by atoms with Crippen LogP contribution in [0.25, 0.3) is 10.7 Å².